The van der Waals surface area contributed by atoms with Gasteiger partial charge in [0.2, 0.25) is 0 Å². The van der Waals surface area contributed by atoms with Crippen molar-refractivity contribution < 1.29 is 0 Å². The van der Waals surface area contributed by atoms with Gasteiger partial charge in [0.1, 0.15) is 0 Å². The Morgan fingerprint density at radius 2 is 1.94 bits per heavy atom. The van der Waals surface area contributed by atoms with Crippen LogP contribution in [-0.4, -0.2) is 22.4 Å². The summed E-state index contributed by atoms with van der Waals surface area (Å²) in [5.74, 6) is 0. The first-order valence-corrected chi connectivity index (χ1v) is 7.30. The molecule has 104 valence electrons. The molecule has 0 radical (unpaired) electrons. The molecule has 1 unspecified atom stereocenters. The lowest BCUT2D eigenvalue weighted by Crippen LogP contribution is -2.29. The lowest BCUT2D eigenvalue weighted by atomic mass is 10.1. The zero-order valence-electron chi connectivity index (χ0n) is 12.7. The van der Waals surface area contributed by atoms with E-state index in [0.717, 1.165) is 18.8 Å². The molecule has 1 rings (SSSR count). The first-order chi connectivity index (χ1) is 8.56. The summed E-state index contributed by atoms with van der Waals surface area (Å²) in [6.45, 7) is 12.9. The maximum absolute atomic E-state index is 4.56. The van der Waals surface area contributed by atoms with Crippen LogP contribution in [0, 0.1) is 20.8 Å². The van der Waals surface area contributed by atoms with Crippen LogP contribution in [-0.2, 0) is 6.54 Å². The average molecular weight is 251 g/mol. The zero-order valence-corrected chi connectivity index (χ0v) is 12.7. The van der Waals surface area contributed by atoms with Crippen LogP contribution in [0.25, 0.3) is 0 Å². The Morgan fingerprint density at radius 3 is 2.50 bits per heavy atom. The fraction of sp³-hybridized carbons (Fsp3) is 0.800. The molecule has 0 aliphatic carbocycles. The van der Waals surface area contributed by atoms with Crippen LogP contribution in [0.4, 0.5) is 0 Å². The number of unbranched alkanes of at least 4 members (excludes halogenated alkanes) is 2. The van der Waals surface area contributed by atoms with Gasteiger partial charge in [0.15, 0.2) is 0 Å². The van der Waals surface area contributed by atoms with Crippen LogP contribution in [0.3, 0.4) is 0 Å². The standard InChI is InChI=1S/C15H29N3/c1-6-7-8-9-12(2)16-10-11-18-15(5)13(3)14(4)17-18/h12,16H,6-11H2,1-5H3. The van der Waals surface area contributed by atoms with Gasteiger partial charge >= 0.3 is 0 Å². The summed E-state index contributed by atoms with van der Waals surface area (Å²) in [6, 6.07) is 0.620. The van der Waals surface area contributed by atoms with E-state index in [-0.39, 0.29) is 0 Å². The Kier molecular flexibility index (Phi) is 6.41. The summed E-state index contributed by atoms with van der Waals surface area (Å²) < 4.78 is 2.12. The Labute approximate surface area is 112 Å². The second kappa shape index (κ2) is 7.57. The first-order valence-electron chi connectivity index (χ1n) is 7.30. The summed E-state index contributed by atoms with van der Waals surface area (Å²) in [5, 5.41) is 8.14. The Hall–Kier alpha value is -0.830. The number of aryl methyl sites for hydroxylation is 1. The SMILES string of the molecule is CCCCCC(C)NCCn1nc(C)c(C)c1C. The molecule has 0 aliphatic rings. The highest BCUT2D eigenvalue weighted by molar-refractivity contribution is 5.22. The van der Waals surface area contributed by atoms with Gasteiger partial charge in [-0.25, -0.2) is 0 Å². The van der Waals surface area contributed by atoms with Gasteiger partial charge in [-0.05, 0) is 39.7 Å². The van der Waals surface area contributed by atoms with Gasteiger partial charge in [-0.15, -0.1) is 0 Å². The van der Waals surface area contributed by atoms with E-state index in [1.807, 2.05) is 0 Å². The molecular weight excluding hydrogens is 222 g/mol. The monoisotopic (exact) mass is 251 g/mol. The summed E-state index contributed by atoms with van der Waals surface area (Å²) in [4.78, 5) is 0. The third-order valence-corrected chi connectivity index (χ3v) is 3.80. The van der Waals surface area contributed by atoms with Crippen molar-refractivity contribution in [3.63, 3.8) is 0 Å². The van der Waals surface area contributed by atoms with Crippen molar-refractivity contribution >= 4 is 0 Å². The number of nitrogens with zero attached hydrogens (tertiary/aromatic N) is 2. The van der Waals surface area contributed by atoms with Gasteiger partial charge < -0.3 is 5.32 Å². The molecule has 0 fully saturated rings. The van der Waals surface area contributed by atoms with E-state index in [2.05, 4.69) is 49.7 Å². The van der Waals surface area contributed by atoms with E-state index in [4.69, 9.17) is 0 Å². The summed E-state index contributed by atoms with van der Waals surface area (Å²) in [6.07, 6.45) is 5.27. The highest BCUT2D eigenvalue weighted by Gasteiger charge is 2.07. The minimum absolute atomic E-state index is 0.620. The van der Waals surface area contributed by atoms with Crippen molar-refractivity contribution in [1.82, 2.24) is 15.1 Å². The molecule has 18 heavy (non-hydrogen) atoms. The second-order valence-electron chi connectivity index (χ2n) is 5.37. The van der Waals surface area contributed by atoms with E-state index >= 15 is 0 Å². The van der Waals surface area contributed by atoms with Crippen molar-refractivity contribution in [2.24, 2.45) is 0 Å². The minimum Gasteiger partial charge on any atom is -0.312 e. The Morgan fingerprint density at radius 1 is 1.22 bits per heavy atom. The molecule has 0 aliphatic heterocycles. The number of hydrogen-bond donors (Lipinski definition) is 1. The van der Waals surface area contributed by atoms with Gasteiger partial charge in [0, 0.05) is 18.3 Å². The normalized spacial score (nSPS) is 12.9. The van der Waals surface area contributed by atoms with Gasteiger partial charge in [-0.3, -0.25) is 4.68 Å². The summed E-state index contributed by atoms with van der Waals surface area (Å²) >= 11 is 0. The summed E-state index contributed by atoms with van der Waals surface area (Å²) in [5.41, 5.74) is 3.78. The van der Waals surface area contributed by atoms with Crippen molar-refractivity contribution in [2.75, 3.05) is 6.54 Å². The highest BCUT2D eigenvalue weighted by atomic mass is 15.3. The van der Waals surface area contributed by atoms with E-state index in [1.165, 1.54) is 36.9 Å². The molecule has 0 spiro atoms. The number of nitrogens with one attached hydrogen (secondary N) is 1. The number of hydrogen-bond acceptors (Lipinski definition) is 2. The fourth-order valence-corrected chi connectivity index (χ4v) is 2.22. The first kappa shape index (κ1) is 15.2. The van der Waals surface area contributed by atoms with Gasteiger partial charge in [-0.1, -0.05) is 26.2 Å². The zero-order chi connectivity index (χ0) is 13.5. The van der Waals surface area contributed by atoms with Crippen LogP contribution in [0.1, 0.15) is 56.5 Å². The third-order valence-electron chi connectivity index (χ3n) is 3.80. The molecule has 0 aromatic carbocycles. The van der Waals surface area contributed by atoms with Crippen molar-refractivity contribution in [1.29, 1.82) is 0 Å². The molecular formula is C15H29N3. The third kappa shape index (κ3) is 4.45. The quantitative estimate of drug-likeness (QED) is 0.718. The minimum atomic E-state index is 0.620. The van der Waals surface area contributed by atoms with Crippen LogP contribution < -0.4 is 5.32 Å². The molecule has 0 bridgehead atoms. The predicted octanol–water partition coefficient (Wildman–Crippen LogP) is 3.37. The van der Waals surface area contributed by atoms with Gasteiger partial charge in [0.05, 0.1) is 12.2 Å². The summed E-state index contributed by atoms with van der Waals surface area (Å²) in [7, 11) is 0. The van der Waals surface area contributed by atoms with E-state index < -0.39 is 0 Å². The smallest absolute Gasteiger partial charge is 0.0625 e. The molecule has 1 atom stereocenters. The van der Waals surface area contributed by atoms with Crippen LogP contribution >= 0.6 is 0 Å². The van der Waals surface area contributed by atoms with Crippen molar-refractivity contribution in [2.45, 2.75) is 72.9 Å². The Bertz CT molecular complexity index is 355. The molecule has 3 nitrogen and oxygen atoms in total. The van der Waals surface area contributed by atoms with Crippen LogP contribution in [0.15, 0.2) is 0 Å². The molecule has 0 saturated heterocycles. The largest absolute Gasteiger partial charge is 0.312 e. The molecule has 1 aromatic rings. The average Bonchev–Trinajstić information content (AvgIpc) is 2.57. The molecule has 3 heteroatoms. The van der Waals surface area contributed by atoms with Crippen LogP contribution in [0.2, 0.25) is 0 Å². The van der Waals surface area contributed by atoms with Gasteiger partial charge in [0.25, 0.3) is 0 Å². The number of aromatic nitrogens is 2. The van der Waals surface area contributed by atoms with E-state index in [9.17, 15) is 0 Å². The molecule has 1 heterocycles. The molecule has 1 aromatic heterocycles. The highest BCUT2D eigenvalue weighted by Crippen LogP contribution is 2.10. The maximum atomic E-state index is 4.56. The predicted molar refractivity (Wildman–Crippen MR) is 78.0 cm³/mol. The second-order valence-corrected chi connectivity index (χ2v) is 5.37. The van der Waals surface area contributed by atoms with Crippen molar-refractivity contribution in [3.8, 4) is 0 Å². The van der Waals surface area contributed by atoms with E-state index in [0.29, 0.717) is 6.04 Å². The topological polar surface area (TPSA) is 29.9 Å². The number of rotatable bonds is 8. The molecule has 0 amide bonds. The lowest BCUT2D eigenvalue weighted by Gasteiger charge is -2.14. The van der Waals surface area contributed by atoms with Crippen LogP contribution in [0.5, 0.6) is 0 Å². The van der Waals surface area contributed by atoms with Gasteiger partial charge in [-0.2, -0.15) is 5.10 Å². The maximum Gasteiger partial charge on any atom is 0.0625 e. The fourth-order valence-electron chi connectivity index (χ4n) is 2.22. The lowest BCUT2D eigenvalue weighted by molar-refractivity contribution is 0.456. The Balaban J connectivity index is 2.26. The van der Waals surface area contributed by atoms with E-state index in [1.54, 1.807) is 0 Å². The molecule has 1 N–H and O–H groups in total. The molecule has 0 saturated carbocycles. The van der Waals surface area contributed by atoms with Crippen molar-refractivity contribution in [3.05, 3.63) is 17.0 Å².